The second kappa shape index (κ2) is 7.29. The highest BCUT2D eigenvalue weighted by Crippen LogP contribution is 2.15. The van der Waals surface area contributed by atoms with Crippen molar-refractivity contribution in [2.45, 2.75) is 26.7 Å². The molecule has 1 aromatic rings. The van der Waals surface area contributed by atoms with Gasteiger partial charge in [-0.3, -0.25) is 4.79 Å². The highest BCUT2D eigenvalue weighted by molar-refractivity contribution is 5.91. The van der Waals surface area contributed by atoms with Crippen LogP contribution in [0.3, 0.4) is 0 Å². The molecule has 1 unspecified atom stereocenters. The minimum absolute atomic E-state index is 0.0956. The van der Waals surface area contributed by atoms with E-state index in [-0.39, 0.29) is 5.91 Å². The third-order valence-corrected chi connectivity index (χ3v) is 3.72. The molecule has 1 aliphatic rings. The number of piperidine rings is 1. The number of hydrogen-bond acceptors (Lipinski definition) is 2. The van der Waals surface area contributed by atoms with Gasteiger partial charge >= 0.3 is 0 Å². The number of hydrogen-bond donors (Lipinski definition) is 2. The van der Waals surface area contributed by atoms with Crippen LogP contribution in [-0.4, -0.2) is 32.1 Å². The van der Waals surface area contributed by atoms with Crippen LogP contribution in [0, 0.1) is 5.92 Å². The standard InChI is InChI=1S/C16H24N2O2/c1-3-20-15-8-6-14(7-9-15)17-16(19)12-18-10-4-5-13(2)11-18/h6-9,13H,3-5,10-12H2,1-2H3,(H,17,19)/p+1/t13-/m0/s1. The Morgan fingerprint density at radius 2 is 2.15 bits per heavy atom. The molecule has 110 valence electrons. The molecule has 20 heavy (non-hydrogen) atoms. The number of anilines is 1. The van der Waals surface area contributed by atoms with Crippen molar-refractivity contribution < 1.29 is 14.4 Å². The van der Waals surface area contributed by atoms with Crippen LogP contribution in [-0.2, 0) is 4.79 Å². The van der Waals surface area contributed by atoms with Crippen LogP contribution in [0.15, 0.2) is 24.3 Å². The number of likely N-dealkylation sites (tertiary alicyclic amines) is 1. The van der Waals surface area contributed by atoms with Gasteiger partial charge in [0.15, 0.2) is 6.54 Å². The summed E-state index contributed by atoms with van der Waals surface area (Å²) in [6, 6.07) is 7.54. The van der Waals surface area contributed by atoms with E-state index in [2.05, 4.69) is 12.2 Å². The van der Waals surface area contributed by atoms with Gasteiger partial charge in [-0.15, -0.1) is 0 Å². The Balaban J connectivity index is 1.81. The normalized spacial score (nSPS) is 22.3. The van der Waals surface area contributed by atoms with E-state index < -0.39 is 0 Å². The first kappa shape index (κ1) is 14.9. The Hall–Kier alpha value is -1.55. The molecular formula is C16H25N2O2+. The summed E-state index contributed by atoms with van der Waals surface area (Å²) in [6.45, 7) is 7.67. The highest BCUT2D eigenvalue weighted by Gasteiger charge is 2.21. The van der Waals surface area contributed by atoms with E-state index in [1.165, 1.54) is 17.7 Å². The quantitative estimate of drug-likeness (QED) is 0.853. The Bertz CT molecular complexity index is 431. The van der Waals surface area contributed by atoms with Gasteiger partial charge in [0.2, 0.25) is 0 Å². The lowest BCUT2D eigenvalue weighted by molar-refractivity contribution is -0.900. The van der Waals surface area contributed by atoms with E-state index in [0.29, 0.717) is 13.2 Å². The largest absolute Gasteiger partial charge is 0.494 e. The van der Waals surface area contributed by atoms with Crippen LogP contribution in [0.4, 0.5) is 5.69 Å². The molecule has 4 nitrogen and oxygen atoms in total. The zero-order valence-corrected chi connectivity index (χ0v) is 12.4. The maximum Gasteiger partial charge on any atom is 0.279 e. The number of rotatable bonds is 5. The Labute approximate surface area is 121 Å². The number of carbonyl (C=O) groups is 1. The van der Waals surface area contributed by atoms with Gasteiger partial charge in [-0.25, -0.2) is 0 Å². The summed E-state index contributed by atoms with van der Waals surface area (Å²) in [5, 5.41) is 2.96. The van der Waals surface area contributed by atoms with Crippen molar-refractivity contribution in [2.24, 2.45) is 5.92 Å². The molecule has 0 aromatic heterocycles. The van der Waals surface area contributed by atoms with E-state index in [0.717, 1.165) is 30.4 Å². The third kappa shape index (κ3) is 4.53. The van der Waals surface area contributed by atoms with Crippen LogP contribution >= 0.6 is 0 Å². The minimum Gasteiger partial charge on any atom is -0.494 e. The molecule has 0 bridgehead atoms. The molecule has 0 saturated carbocycles. The molecule has 2 atom stereocenters. The van der Waals surface area contributed by atoms with E-state index in [4.69, 9.17) is 4.74 Å². The summed E-state index contributed by atoms with van der Waals surface area (Å²) in [5.74, 6) is 1.66. The van der Waals surface area contributed by atoms with Gasteiger partial charge in [-0.2, -0.15) is 0 Å². The summed E-state index contributed by atoms with van der Waals surface area (Å²) < 4.78 is 5.38. The Kier molecular flexibility index (Phi) is 5.41. The molecule has 2 rings (SSSR count). The zero-order valence-electron chi connectivity index (χ0n) is 12.4. The van der Waals surface area contributed by atoms with Crippen LogP contribution in [0.1, 0.15) is 26.7 Å². The van der Waals surface area contributed by atoms with Crippen molar-refractivity contribution in [3.63, 3.8) is 0 Å². The van der Waals surface area contributed by atoms with E-state index >= 15 is 0 Å². The summed E-state index contributed by atoms with van der Waals surface area (Å²) in [6.07, 6.45) is 2.52. The maximum atomic E-state index is 12.0. The van der Waals surface area contributed by atoms with Gasteiger partial charge < -0.3 is 15.0 Å². The predicted octanol–water partition coefficient (Wildman–Crippen LogP) is 1.34. The molecule has 0 radical (unpaired) electrons. The van der Waals surface area contributed by atoms with Gasteiger partial charge in [-0.05, 0) is 44.0 Å². The van der Waals surface area contributed by atoms with E-state index in [9.17, 15) is 4.79 Å². The monoisotopic (exact) mass is 277 g/mol. The van der Waals surface area contributed by atoms with Crippen LogP contribution < -0.4 is 15.0 Å². The number of nitrogens with one attached hydrogen (secondary N) is 2. The second-order valence-electron chi connectivity index (χ2n) is 5.63. The third-order valence-electron chi connectivity index (χ3n) is 3.72. The van der Waals surface area contributed by atoms with Gasteiger partial charge in [0.1, 0.15) is 5.75 Å². The maximum absolute atomic E-state index is 12.0. The molecule has 4 heteroatoms. The van der Waals surface area contributed by atoms with E-state index in [1.54, 1.807) is 0 Å². The number of quaternary nitrogens is 1. The van der Waals surface area contributed by atoms with Gasteiger partial charge in [-0.1, -0.05) is 6.92 Å². The summed E-state index contributed by atoms with van der Waals surface area (Å²) in [5.41, 5.74) is 0.836. The SMILES string of the molecule is CCOc1ccc(NC(=O)C[NH+]2CCC[C@H](C)C2)cc1. The lowest BCUT2D eigenvalue weighted by Gasteiger charge is -2.27. The number of carbonyl (C=O) groups excluding carboxylic acids is 1. The number of amides is 1. The van der Waals surface area contributed by atoms with Crippen LogP contribution in [0.25, 0.3) is 0 Å². The minimum atomic E-state index is 0.0956. The number of benzene rings is 1. The van der Waals surface area contributed by atoms with Crippen molar-refractivity contribution in [3.8, 4) is 5.75 Å². The Morgan fingerprint density at radius 3 is 2.80 bits per heavy atom. The first-order valence-corrected chi connectivity index (χ1v) is 7.53. The highest BCUT2D eigenvalue weighted by atomic mass is 16.5. The van der Waals surface area contributed by atoms with Gasteiger partial charge in [0, 0.05) is 11.6 Å². The lowest BCUT2D eigenvalue weighted by Crippen LogP contribution is -3.14. The van der Waals surface area contributed by atoms with Crippen molar-refractivity contribution >= 4 is 11.6 Å². The first-order valence-electron chi connectivity index (χ1n) is 7.53. The summed E-state index contributed by atoms with van der Waals surface area (Å²) in [4.78, 5) is 13.4. The fraction of sp³-hybridized carbons (Fsp3) is 0.562. The fourth-order valence-electron chi connectivity index (χ4n) is 2.79. The predicted molar refractivity (Wildman–Crippen MR) is 80.2 cm³/mol. The molecule has 0 aliphatic carbocycles. The van der Waals surface area contributed by atoms with Crippen molar-refractivity contribution in [3.05, 3.63) is 24.3 Å². The molecule has 1 aromatic carbocycles. The smallest absolute Gasteiger partial charge is 0.279 e. The number of ether oxygens (including phenoxy) is 1. The fourth-order valence-corrected chi connectivity index (χ4v) is 2.79. The summed E-state index contributed by atoms with van der Waals surface area (Å²) >= 11 is 0. The second-order valence-corrected chi connectivity index (χ2v) is 5.63. The average Bonchev–Trinajstić information content (AvgIpc) is 2.41. The molecule has 1 saturated heterocycles. The summed E-state index contributed by atoms with van der Waals surface area (Å²) in [7, 11) is 0. The zero-order chi connectivity index (χ0) is 14.4. The van der Waals surface area contributed by atoms with Crippen molar-refractivity contribution in [2.75, 3.05) is 31.6 Å². The molecule has 2 N–H and O–H groups in total. The van der Waals surface area contributed by atoms with Crippen molar-refractivity contribution in [1.82, 2.24) is 0 Å². The van der Waals surface area contributed by atoms with Gasteiger partial charge in [0.25, 0.3) is 5.91 Å². The lowest BCUT2D eigenvalue weighted by atomic mass is 10.0. The first-order chi connectivity index (χ1) is 9.67. The van der Waals surface area contributed by atoms with Crippen molar-refractivity contribution in [1.29, 1.82) is 0 Å². The molecule has 1 heterocycles. The molecule has 1 aliphatic heterocycles. The van der Waals surface area contributed by atoms with Crippen LogP contribution in [0.2, 0.25) is 0 Å². The average molecular weight is 277 g/mol. The molecular weight excluding hydrogens is 252 g/mol. The molecule has 1 fully saturated rings. The van der Waals surface area contributed by atoms with E-state index in [1.807, 2.05) is 31.2 Å². The topological polar surface area (TPSA) is 42.8 Å². The van der Waals surface area contributed by atoms with Gasteiger partial charge in [0.05, 0.1) is 19.7 Å². The molecule has 0 spiro atoms. The molecule has 1 amide bonds. The Morgan fingerprint density at radius 1 is 1.40 bits per heavy atom. The van der Waals surface area contributed by atoms with Crippen LogP contribution in [0.5, 0.6) is 5.75 Å².